The maximum Gasteiger partial charge on any atom is 0.154 e. The molecular weight excluding hydrogens is 198 g/mol. The summed E-state index contributed by atoms with van der Waals surface area (Å²) in [5, 5.41) is -0.301. The zero-order chi connectivity index (χ0) is 10.8. The molecule has 0 saturated heterocycles. The van der Waals surface area contributed by atoms with E-state index in [1.54, 1.807) is 13.8 Å². The molecule has 0 aromatic heterocycles. The fourth-order valence-electron chi connectivity index (χ4n) is 1.97. The van der Waals surface area contributed by atoms with E-state index in [9.17, 15) is 8.42 Å². The van der Waals surface area contributed by atoms with Crippen LogP contribution in [0.25, 0.3) is 0 Å². The number of hydrogen-bond donors (Lipinski definition) is 1. The van der Waals surface area contributed by atoms with Gasteiger partial charge in [-0.05, 0) is 26.7 Å². The topological polar surface area (TPSA) is 60.2 Å². The molecule has 1 fully saturated rings. The minimum absolute atomic E-state index is 0.164. The van der Waals surface area contributed by atoms with E-state index in [0.717, 1.165) is 25.7 Å². The Balaban J connectivity index is 2.66. The van der Waals surface area contributed by atoms with Gasteiger partial charge in [-0.2, -0.15) is 0 Å². The number of sulfone groups is 1. The van der Waals surface area contributed by atoms with Crippen LogP contribution in [0.5, 0.6) is 0 Å². The van der Waals surface area contributed by atoms with E-state index in [2.05, 4.69) is 0 Å². The first-order valence-electron chi connectivity index (χ1n) is 5.36. The second-order valence-electron chi connectivity index (χ2n) is 4.78. The Morgan fingerprint density at radius 1 is 1.21 bits per heavy atom. The highest BCUT2D eigenvalue weighted by Gasteiger charge is 2.33. The van der Waals surface area contributed by atoms with Crippen LogP contribution in [-0.2, 0) is 9.84 Å². The van der Waals surface area contributed by atoms with Crippen LogP contribution in [-0.4, -0.2) is 25.0 Å². The lowest BCUT2D eigenvalue weighted by molar-refractivity contribution is 0.323. The van der Waals surface area contributed by atoms with Gasteiger partial charge in [-0.3, -0.25) is 0 Å². The van der Waals surface area contributed by atoms with E-state index in [1.165, 1.54) is 6.42 Å². The molecule has 1 saturated carbocycles. The second-order valence-corrected chi connectivity index (χ2v) is 7.34. The Morgan fingerprint density at radius 2 is 1.71 bits per heavy atom. The highest BCUT2D eigenvalue weighted by atomic mass is 32.2. The first kappa shape index (κ1) is 12.0. The van der Waals surface area contributed by atoms with E-state index in [1.807, 2.05) is 0 Å². The standard InChI is InChI=1S/C10H21NO2S/c1-9(2)14(12,13)8-10(11)6-4-3-5-7-10/h9H,3-8,11H2,1-2H3. The Bertz CT molecular complexity index is 276. The predicted molar refractivity (Wildman–Crippen MR) is 58.9 cm³/mol. The van der Waals surface area contributed by atoms with E-state index in [0.29, 0.717) is 0 Å². The van der Waals surface area contributed by atoms with Gasteiger partial charge >= 0.3 is 0 Å². The zero-order valence-electron chi connectivity index (χ0n) is 9.12. The van der Waals surface area contributed by atoms with Crippen molar-refractivity contribution in [3.63, 3.8) is 0 Å². The summed E-state index contributed by atoms with van der Waals surface area (Å²) in [6.07, 6.45) is 5.06. The number of rotatable bonds is 3. The third-order valence-electron chi connectivity index (χ3n) is 3.06. The van der Waals surface area contributed by atoms with Crippen molar-refractivity contribution in [2.24, 2.45) is 5.73 Å². The summed E-state index contributed by atoms with van der Waals surface area (Å²) in [7, 11) is -2.98. The highest BCUT2D eigenvalue weighted by Crippen LogP contribution is 2.27. The average Bonchev–Trinajstić information content (AvgIpc) is 2.03. The summed E-state index contributed by atoms with van der Waals surface area (Å²) in [4.78, 5) is 0. The minimum Gasteiger partial charge on any atom is -0.324 e. The third kappa shape index (κ3) is 2.95. The largest absolute Gasteiger partial charge is 0.324 e. The molecule has 0 aromatic carbocycles. The van der Waals surface area contributed by atoms with Gasteiger partial charge in [0.25, 0.3) is 0 Å². The van der Waals surface area contributed by atoms with Crippen molar-refractivity contribution < 1.29 is 8.42 Å². The Kier molecular flexibility index (Phi) is 3.58. The summed E-state index contributed by atoms with van der Waals surface area (Å²) < 4.78 is 23.4. The van der Waals surface area contributed by atoms with E-state index >= 15 is 0 Å². The summed E-state index contributed by atoms with van der Waals surface area (Å²) in [6.45, 7) is 3.45. The van der Waals surface area contributed by atoms with Gasteiger partial charge in [-0.1, -0.05) is 19.3 Å². The van der Waals surface area contributed by atoms with Crippen LogP contribution >= 0.6 is 0 Å². The summed E-state index contributed by atoms with van der Waals surface area (Å²) in [6, 6.07) is 0. The van der Waals surface area contributed by atoms with Crippen LogP contribution < -0.4 is 5.73 Å². The van der Waals surface area contributed by atoms with Gasteiger partial charge in [-0.25, -0.2) is 8.42 Å². The second kappa shape index (κ2) is 4.19. The normalized spacial score (nSPS) is 22.6. The van der Waals surface area contributed by atoms with E-state index in [-0.39, 0.29) is 11.0 Å². The van der Waals surface area contributed by atoms with E-state index < -0.39 is 15.4 Å². The van der Waals surface area contributed by atoms with Gasteiger partial charge in [0.05, 0.1) is 11.0 Å². The van der Waals surface area contributed by atoms with Crippen molar-refractivity contribution in [2.45, 2.75) is 56.7 Å². The molecule has 0 unspecified atom stereocenters. The fourth-order valence-corrected chi connectivity index (χ4v) is 3.39. The van der Waals surface area contributed by atoms with Crippen LogP contribution in [0.1, 0.15) is 46.0 Å². The molecule has 0 atom stereocenters. The molecule has 4 heteroatoms. The monoisotopic (exact) mass is 219 g/mol. The van der Waals surface area contributed by atoms with Crippen molar-refractivity contribution in [1.82, 2.24) is 0 Å². The number of nitrogens with two attached hydrogens (primary N) is 1. The molecule has 0 bridgehead atoms. The summed E-state index contributed by atoms with van der Waals surface area (Å²) in [5.74, 6) is 0.164. The van der Waals surface area contributed by atoms with Gasteiger partial charge in [0.15, 0.2) is 9.84 Å². The molecule has 0 radical (unpaired) electrons. The highest BCUT2D eigenvalue weighted by molar-refractivity contribution is 7.92. The predicted octanol–water partition coefficient (Wildman–Crippen LogP) is 1.47. The lowest BCUT2D eigenvalue weighted by atomic mass is 9.84. The van der Waals surface area contributed by atoms with Crippen molar-refractivity contribution in [3.8, 4) is 0 Å². The van der Waals surface area contributed by atoms with Crippen molar-refractivity contribution in [3.05, 3.63) is 0 Å². The quantitative estimate of drug-likeness (QED) is 0.782. The Labute approximate surface area is 87.0 Å². The van der Waals surface area contributed by atoms with Crippen molar-refractivity contribution >= 4 is 9.84 Å². The molecule has 0 spiro atoms. The first-order valence-corrected chi connectivity index (χ1v) is 7.08. The Hall–Kier alpha value is -0.0900. The molecular formula is C10H21NO2S. The van der Waals surface area contributed by atoms with Crippen LogP contribution in [0.3, 0.4) is 0 Å². The van der Waals surface area contributed by atoms with Gasteiger partial charge in [0.2, 0.25) is 0 Å². The lowest BCUT2D eigenvalue weighted by Crippen LogP contribution is -2.48. The third-order valence-corrected chi connectivity index (χ3v) is 5.47. The molecule has 3 nitrogen and oxygen atoms in total. The molecule has 0 amide bonds. The molecule has 0 heterocycles. The van der Waals surface area contributed by atoms with Gasteiger partial charge in [0.1, 0.15) is 0 Å². The smallest absolute Gasteiger partial charge is 0.154 e. The van der Waals surface area contributed by atoms with Crippen LogP contribution in [0.15, 0.2) is 0 Å². The van der Waals surface area contributed by atoms with Gasteiger partial charge in [-0.15, -0.1) is 0 Å². The van der Waals surface area contributed by atoms with Crippen molar-refractivity contribution in [2.75, 3.05) is 5.75 Å². The van der Waals surface area contributed by atoms with Crippen molar-refractivity contribution in [1.29, 1.82) is 0 Å². The average molecular weight is 219 g/mol. The van der Waals surface area contributed by atoms with Crippen LogP contribution in [0.4, 0.5) is 0 Å². The molecule has 1 aliphatic rings. The maximum atomic E-state index is 11.7. The van der Waals surface area contributed by atoms with Gasteiger partial charge < -0.3 is 5.73 Å². The molecule has 1 rings (SSSR count). The summed E-state index contributed by atoms with van der Waals surface area (Å²) in [5.41, 5.74) is 5.66. The maximum absolute atomic E-state index is 11.7. The Morgan fingerprint density at radius 3 is 2.14 bits per heavy atom. The molecule has 1 aliphatic carbocycles. The molecule has 0 aromatic rings. The molecule has 14 heavy (non-hydrogen) atoms. The SMILES string of the molecule is CC(C)S(=O)(=O)CC1(N)CCCCC1. The summed E-state index contributed by atoms with van der Waals surface area (Å²) >= 11 is 0. The minimum atomic E-state index is -2.98. The van der Waals surface area contributed by atoms with Crippen LogP contribution in [0.2, 0.25) is 0 Å². The number of hydrogen-bond acceptors (Lipinski definition) is 3. The molecule has 84 valence electrons. The fraction of sp³-hybridized carbons (Fsp3) is 1.00. The van der Waals surface area contributed by atoms with Gasteiger partial charge in [0, 0.05) is 5.54 Å². The zero-order valence-corrected chi connectivity index (χ0v) is 9.94. The molecule has 0 aliphatic heterocycles. The lowest BCUT2D eigenvalue weighted by Gasteiger charge is -2.33. The molecule has 2 N–H and O–H groups in total. The first-order chi connectivity index (χ1) is 6.36. The van der Waals surface area contributed by atoms with Crippen LogP contribution in [0, 0.1) is 0 Å². The van der Waals surface area contributed by atoms with E-state index in [4.69, 9.17) is 5.73 Å².